The van der Waals surface area contributed by atoms with E-state index in [0.29, 0.717) is 12.0 Å². The molecule has 0 atom stereocenters. The van der Waals surface area contributed by atoms with Crippen LogP contribution in [0.2, 0.25) is 0 Å². The fraction of sp³-hybridized carbons (Fsp3) is 0.500. The molecule has 0 amide bonds. The number of alkyl halides is 2. The summed E-state index contributed by atoms with van der Waals surface area (Å²) in [7, 11) is 0. The molecule has 18 heavy (non-hydrogen) atoms. The summed E-state index contributed by atoms with van der Waals surface area (Å²) >= 11 is 0. The van der Waals surface area contributed by atoms with Gasteiger partial charge in [0.1, 0.15) is 5.82 Å². The Morgan fingerprint density at radius 1 is 1.44 bits per heavy atom. The van der Waals surface area contributed by atoms with Gasteiger partial charge in [0.2, 0.25) is 0 Å². The summed E-state index contributed by atoms with van der Waals surface area (Å²) in [4.78, 5) is 16.3. The van der Waals surface area contributed by atoms with E-state index in [4.69, 9.17) is 5.73 Å². The predicted octanol–water partition coefficient (Wildman–Crippen LogP) is 1.96. The molecule has 98 valence electrons. The molecule has 0 aliphatic carbocycles. The molecule has 0 saturated carbocycles. The predicted molar refractivity (Wildman–Crippen MR) is 65.0 cm³/mol. The number of anilines is 2. The van der Waals surface area contributed by atoms with Crippen LogP contribution in [0.25, 0.3) is 0 Å². The first-order chi connectivity index (χ1) is 8.28. The van der Waals surface area contributed by atoms with E-state index in [1.165, 1.54) is 31.0 Å². The number of carbonyl (C=O) groups is 1. The standard InChI is InChI=1S/C12H15F2N3O/c1-11(2)6-17(7-12(11,13)14)9-3-4-16-10(15)8(9)5-18/h3-5H,6-7H2,1-2H3,(H2,15,16). The zero-order valence-electron chi connectivity index (χ0n) is 10.3. The van der Waals surface area contributed by atoms with Crippen LogP contribution in [0.4, 0.5) is 20.3 Å². The number of rotatable bonds is 2. The van der Waals surface area contributed by atoms with E-state index in [1.807, 2.05) is 0 Å². The van der Waals surface area contributed by atoms with Crippen LogP contribution in [-0.4, -0.2) is 30.3 Å². The normalized spacial score (nSPS) is 21.0. The Morgan fingerprint density at radius 3 is 2.61 bits per heavy atom. The minimum atomic E-state index is -2.80. The van der Waals surface area contributed by atoms with Crippen molar-refractivity contribution in [3.8, 4) is 0 Å². The zero-order chi connectivity index (χ0) is 13.6. The van der Waals surface area contributed by atoms with Crippen LogP contribution in [0.15, 0.2) is 12.3 Å². The third kappa shape index (κ3) is 1.81. The van der Waals surface area contributed by atoms with Crippen molar-refractivity contribution in [1.29, 1.82) is 0 Å². The van der Waals surface area contributed by atoms with Crippen LogP contribution >= 0.6 is 0 Å². The summed E-state index contributed by atoms with van der Waals surface area (Å²) in [6, 6.07) is 1.54. The third-order valence-corrected chi connectivity index (χ3v) is 3.42. The van der Waals surface area contributed by atoms with Crippen molar-refractivity contribution < 1.29 is 13.6 Å². The van der Waals surface area contributed by atoms with Gasteiger partial charge in [-0.25, -0.2) is 13.8 Å². The molecule has 2 heterocycles. The van der Waals surface area contributed by atoms with Crippen LogP contribution in [0.1, 0.15) is 24.2 Å². The largest absolute Gasteiger partial charge is 0.383 e. The van der Waals surface area contributed by atoms with Crippen molar-refractivity contribution >= 4 is 17.8 Å². The average molecular weight is 255 g/mol. The molecule has 0 spiro atoms. The van der Waals surface area contributed by atoms with Crippen LogP contribution in [0.3, 0.4) is 0 Å². The first kappa shape index (κ1) is 12.7. The molecule has 4 nitrogen and oxygen atoms in total. The van der Waals surface area contributed by atoms with E-state index in [9.17, 15) is 13.6 Å². The average Bonchev–Trinajstić information content (AvgIpc) is 2.47. The number of hydrogen-bond donors (Lipinski definition) is 1. The van der Waals surface area contributed by atoms with Gasteiger partial charge < -0.3 is 10.6 Å². The summed E-state index contributed by atoms with van der Waals surface area (Å²) < 4.78 is 27.6. The lowest BCUT2D eigenvalue weighted by molar-refractivity contribution is -0.0642. The van der Waals surface area contributed by atoms with Gasteiger partial charge in [0.05, 0.1) is 17.8 Å². The van der Waals surface area contributed by atoms with Gasteiger partial charge in [0.25, 0.3) is 5.92 Å². The molecule has 1 aromatic rings. The lowest BCUT2D eigenvalue weighted by atomic mass is 9.89. The number of nitrogen functional groups attached to an aromatic ring is 1. The second-order valence-electron chi connectivity index (χ2n) is 5.19. The van der Waals surface area contributed by atoms with Crippen LogP contribution in [0.5, 0.6) is 0 Å². The molecule has 2 rings (SSSR count). The maximum Gasteiger partial charge on any atom is 0.271 e. The summed E-state index contributed by atoms with van der Waals surface area (Å²) in [5, 5.41) is 0. The molecular weight excluding hydrogens is 240 g/mol. The summed E-state index contributed by atoms with van der Waals surface area (Å²) in [5.74, 6) is -2.74. The van der Waals surface area contributed by atoms with Crippen molar-refractivity contribution in [2.45, 2.75) is 19.8 Å². The minimum absolute atomic E-state index is 0.0653. The SMILES string of the molecule is CC1(C)CN(c2ccnc(N)c2C=O)CC1(F)F. The number of nitrogens with two attached hydrogens (primary N) is 1. The van der Waals surface area contributed by atoms with Gasteiger partial charge in [-0.15, -0.1) is 0 Å². The van der Waals surface area contributed by atoms with E-state index in [1.54, 1.807) is 0 Å². The number of halogens is 2. The molecule has 0 bridgehead atoms. The molecule has 0 radical (unpaired) electrons. The van der Waals surface area contributed by atoms with Crippen molar-refractivity contribution in [2.75, 3.05) is 23.7 Å². The Labute approximate surface area is 104 Å². The highest BCUT2D eigenvalue weighted by Gasteiger charge is 2.54. The van der Waals surface area contributed by atoms with Gasteiger partial charge in [0, 0.05) is 18.2 Å². The Hall–Kier alpha value is -1.72. The number of aromatic nitrogens is 1. The van der Waals surface area contributed by atoms with Crippen molar-refractivity contribution in [1.82, 2.24) is 4.98 Å². The molecule has 1 saturated heterocycles. The highest BCUT2D eigenvalue weighted by molar-refractivity contribution is 5.90. The lowest BCUT2D eigenvalue weighted by Crippen LogP contribution is -2.34. The van der Waals surface area contributed by atoms with Crippen LogP contribution in [-0.2, 0) is 0 Å². The number of nitrogens with zero attached hydrogens (tertiary/aromatic N) is 2. The first-order valence-electron chi connectivity index (χ1n) is 5.61. The second-order valence-corrected chi connectivity index (χ2v) is 5.19. The van der Waals surface area contributed by atoms with Crippen molar-refractivity contribution in [2.24, 2.45) is 5.41 Å². The Bertz CT molecular complexity index is 472. The van der Waals surface area contributed by atoms with E-state index in [-0.39, 0.29) is 17.9 Å². The molecule has 0 unspecified atom stereocenters. The van der Waals surface area contributed by atoms with E-state index >= 15 is 0 Å². The maximum atomic E-state index is 13.8. The smallest absolute Gasteiger partial charge is 0.271 e. The van der Waals surface area contributed by atoms with Gasteiger partial charge in [-0.2, -0.15) is 0 Å². The minimum Gasteiger partial charge on any atom is -0.383 e. The first-order valence-corrected chi connectivity index (χ1v) is 5.61. The Morgan fingerprint density at radius 2 is 2.11 bits per heavy atom. The molecule has 1 aromatic heterocycles. The molecule has 0 aromatic carbocycles. The van der Waals surface area contributed by atoms with E-state index < -0.39 is 17.9 Å². The molecule has 2 N–H and O–H groups in total. The van der Waals surface area contributed by atoms with Gasteiger partial charge in [-0.1, -0.05) is 13.8 Å². The van der Waals surface area contributed by atoms with Gasteiger partial charge in [-0.3, -0.25) is 4.79 Å². The van der Waals surface area contributed by atoms with Gasteiger partial charge >= 0.3 is 0 Å². The van der Waals surface area contributed by atoms with Crippen LogP contribution in [0, 0.1) is 5.41 Å². The number of hydrogen-bond acceptors (Lipinski definition) is 4. The Balaban J connectivity index is 2.41. The summed E-state index contributed by atoms with van der Waals surface area (Å²) in [6.07, 6.45) is 1.97. The fourth-order valence-electron chi connectivity index (χ4n) is 2.15. The monoisotopic (exact) mass is 255 g/mol. The second kappa shape index (κ2) is 3.90. The highest BCUT2D eigenvalue weighted by Crippen LogP contribution is 2.45. The quantitative estimate of drug-likeness (QED) is 0.821. The summed E-state index contributed by atoms with van der Waals surface area (Å²) in [6.45, 7) is 2.78. The van der Waals surface area contributed by atoms with Gasteiger partial charge in [0.15, 0.2) is 6.29 Å². The number of pyridine rings is 1. The number of carbonyl (C=O) groups excluding carboxylic acids is 1. The number of aldehydes is 1. The fourth-order valence-corrected chi connectivity index (χ4v) is 2.15. The lowest BCUT2D eigenvalue weighted by Gasteiger charge is -2.24. The maximum absolute atomic E-state index is 13.8. The topological polar surface area (TPSA) is 59.2 Å². The molecule has 1 fully saturated rings. The molecule has 1 aliphatic rings. The van der Waals surface area contributed by atoms with Crippen molar-refractivity contribution in [3.63, 3.8) is 0 Å². The Kier molecular flexibility index (Phi) is 2.76. The zero-order valence-corrected chi connectivity index (χ0v) is 10.3. The molecular formula is C12H15F2N3O. The molecule has 6 heteroatoms. The van der Waals surface area contributed by atoms with Gasteiger partial charge in [-0.05, 0) is 6.07 Å². The molecule has 1 aliphatic heterocycles. The highest BCUT2D eigenvalue weighted by atomic mass is 19.3. The third-order valence-electron chi connectivity index (χ3n) is 3.42. The van der Waals surface area contributed by atoms with E-state index in [2.05, 4.69) is 4.98 Å². The van der Waals surface area contributed by atoms with Crippen LogP contribution < -0.4 is 10.6 Å². The summed E-state index contributed by atoms with van der Waals surface area (Å²) in [5.41, 5.74) is 5.04. The van der Waals surface area contributed by atoms with E-state index in [0.717, 1.165) is 0 Å². The van der Waals surface area contributed by atoms with Crippen molar-refractivity contribution in [3.05, 3.63) is 17.8 Å².